The van der Waals surface area contributed by atoms with Gasteiger partial charge in [-0.2, -0.15) is 0 Å². The van der Waals surface area contributed by atoms with Crippen LogP contribution in [0, 0.1) is 0 Å². The minimum Gasteiger partial charge on any atom is -0.493 e. The standard InChI is InChI=1S/C21H25NO7/c1-26-16-7-5-13(10-18(16)28-3)9-15(21(24)25)22-20(23)12-14-6-8-17(27-2)19(11-14)29-4/h5-8,10-11,15H,9,12H2,1-4H3,(H,22,23)(H,24,25)/t15-/m0/s1. The van der Waals surface area contributed by atoms with Gasteiger partial charge >= 0.3 is 5.97 Å². The second kappa shape index (κ2) is 10.2. The van der Waals surface area contributed by atoms with E-state index in [0.29, 0.717) is 34.1 Å². The van der Waals surface area contributed by atoms with Crippen molar-refractivity contribution in [3.8, 4) is 23.0 Å². The van der Waals surface area contributed by atoms with Crippen LogP contribution in [0.15, 0.2) is 36.4 Å². The Morgan fingerprint density at radius 3 is 1.79 bits per heavy atom. The Morgan fingerprint density at radius 2 is 1.31 bits per heavy atom. The highest BCUT2D eigenvalue weighted by Gasteiger charge is 2.21. The first kappa shape index (κ1) is 21.9. The topological polar surface area (TPSA) is 103 Å². The van der Waals surface area contributed by atoms with E-state index in [-0.39, 0.29) is 12.8 Å². The summed E-state index contributed by atoms with van der Waals surface area (Å²) in [6.07, 6.45) is 0.115. The van der Waals surface area contributed by atoms with Gasteiger partial charge in [0.05, 0.1) is 34.9 Å². The molecule has 0 aromatic heterocycles. The molecule has 0 aliphatic rings. The summed E-state index contributed by atoms with van der Waals surface area (Å²) in [6.45, 7) is 0. The van der Waals surface area contributed by atoms with Gasteiger partial charge in [0, 0.05) is 6.42 Å². The van der Waals surface area contributed by atoms with Gasteiger partial charge in [-0.05, 0) is 35.4 Å². The van der Waals surface area contributed by atoms with Crippen LogP contribution < -0.4 is 24.3 Å². The zero-order chi connectivity index (χ0) is 21.4. The molecule has 0 saturated carbocycles. The molecule has 2 rings (SSSR count). The Balaban J connectivity index is 2.08. The number of amides is 1. The van der Waals surface area contributed by atoms with Crippen LogP contribution in [0.4, 0.5) is 0 Å². The number of rotatable bonds is 10. The Morgan fingerprint density at radius 1 is 0.828 bits per heavy atom. The number of benzene rings is 2. The number of carboxylic acid groups (broad SMARTS) is 1. The van der Waals surface area contributed by atoms with Gasteiger partial charge in [0.2, 0.25) is 5.91 Å². The first-order valence-corrected chi connectivity index (χ1v) is 8.85. The number of hydrogen-bond acceptors (Lipinski definition) is 6. The van der Waals surface area contributed by atoms with E-state index in [2.05, 4.69) is 5.32 Å². The second-order valence-electron chi connectivity index (χ2n) is 6.22. The Labute approximate surface area is 169 Å². The molecule has 0 aliphatic heterocycles. The monoisotopic (exact) mass is 403 g/mol. The molecular weight excluding hydrogens is 378 g/mol. The van der Waals surface area contributed by atoms with Crippen molar-refractivity contribution in [1.82, 2.24) is 5.32 Å². The summed E-state index contributed by atoms with van der Waals surface area (Å²) in [5, 5.41) is 12.1. The SMILES string of the molecule is COc1ccc(CC(=O)N[C@@H](Cc2ccc(OC)c(OC)c2)C(=O)O)cc1OC. The quantitative estimate of drug-likeness (QED) is 0.626. The lowest BCUT2D eigenvalue weighted by atomic mass is 10.0. The molecule has 0 bridgehead atoms. The predicted molar refractivity (Wildman–Crippen MR) is 106 cm³/mol. The number of carbonyl (C=O) groups excluding carboxylic acids is 1. The zero-order valence-corrected chi connectivity index (χ0v) is 16.9. The van der Waals surface area contributed by atoms with Crippen LogP contribution in [0.1, 0.15) is 11.1 Å². The summed E-state index contributed by atoms with van der Waals surface area (Å²) in [7, 11) is 6.05. The molecule has 0 unspecified atom stereocenters. The summed E-state index contributed by atoms with van der Waals surface area (Å²) in [4.78, 5) is 24.1. The smallest absolute Gasteiger partial charge is 0.326 e. The molecule has 0 fully saturated rings. The van der Waals surface area contributed by atoms with E-state index < -0.39 is 17.9 Å². The molecular formula is C21H25NO7. The zero-order valence-electron chi connectivity index (χ0n) is 16.9. The van der Waals surface area contributed by atoms with E-state index >= 15 is 0 Å². The van der Waals surface area contributed by atoms with Crippen molar-refractivity contribution in [2.75, 3.05) is 28.4 Å². The molecule has 1 atom stereocenters. The normalized spacial score (nSPS) is 11.3. The maximum atomic E-state index is 12.4. The summed E-state index contributed by atoms with van der Waals surface area (Å²) in [5.74, 6) is 0.545. The number of nitrogens with one attached hydrogen (secondary N) is 1. The number of ether oxygens (including phenoxy) is 4. The molecule has 29 heavy (non-hydrogen) atoms. The third kappa shape index (κ3) is 5.78. The number of methoxy groups -OCH3 is 4. The lowest BCUT2D eigenvalue weighted by Crippen LogP contribution is -2.43. The minimum absolute atomic E-state index is 0.00999. The van der Waals surface area contributed by atoms with Crippen molar-refractivity contribution < 1.29 is 33.6 Å². The van der Waals surface area contributed by atoms with Crippen LogP contribution in [-0.4, -0.2) is 51.5 Å². The van der Waals surface area contributed by atoms with Crippen molar-refractivity contribution in [1.29, 1.82) is 0 Å². The van der Waals surface area contributed by atoms with Crippen LogP contribution >= 0.6 is 0 Å². The maximum absolute atomic E-state index is 12.4. The van der Waals surface area contributed by atoms with Crippen molar-refractivity contribution >= 4 is 11.9 Å². The van der Waals surface area contributed by atoms with Crippen LogP contribution in [0.3, 0.4) is 0 Å². The van der Waals surface area contributed by atoms with Crippen LogP contribution in [-0.2, 0) is 22.4 Å². The molecule has 156 valence electrons. The van der Waals surface area contributed by atoms with E-state index in [1.54, 1.807) is 36.4 Å². The van der Waals surface area contributed by atoms with Gasteiger partial charge < -0.3 is 29.4 Å². The Kier molecular flexibility index (Phi) is 7.70. The van der Waals surface area contributed by atoms with Crippen molar-refractivity contribution in [2.45, 2.75) is 18.9 Å². The molecule has 0 heterocycles. The number of aliphatic carboxylic acids is 1. The highest BCUT2D eigenvalue weighted by atomic mass is 16.5. The largest absolute Gasteiger partial charge is 0.493 e. The third-order valence-corrected chi connectivity index (χ3v) is 4.33. The summed E-state index contributed by atoms with van der Waals surface area (Å²) in [6, 6.07) is 9.14. The fourth-order valence-corrected chi connectivity index (χ4v) is 2.86. The van der Waals surface area contributed by atoms with Crippen molar-refractivity contribution in [2.24, 2.45) is 0 Å². The van der Waals surface area contributed by atoms with Gasteiger partial charge in [-0.3, -0.25) is 4.79 Å². The lowest BCUT2D eigenvalue weighted by Gasteiger charge is -2.16. The van der Waals surface area contributed by atoms with E-state index in [9.17, 15) is 14.7 Å². The first-order valence-electron chi connectivity index (χ1n) is 8.85. The fraction of sp³-hybridized carbons (Fsp3) is 0.333. The first-order chi connectivity index (χ1) is 13.9. The molecule has 8 nitrogen and oxygen atoms in total. The molecule has 2 aromatic rings. The second-order valence-corrected chi connectivity index (χ2v) is 6.22. The van der Waals surface area contributed by atoms with E-state index in [0.717, 1.165) is 0 Å². The van der Waals surface area contributed by atoms with Crippen molar-refractivity contribution in [3.05, 3.63) is 47.5 Å². The minimum atomic E-state index is -1.12. The average Bonchev–Trinajstić information content (AvgIpc) is 2.72. The summed E-state index contributed by atoms with van der Waals surface area (Å²) < 4.78 is 20.8. The molecule has 0 radical (unpaired) electrons. The summed E-state index contributed by atoms with van der Waals surface area (Å²) >= 11 is 0. The molecule has 2 N–H and O–H groups in total. The Hall–Kier alpha value is -3.42. The maximum Gasteiger partial charge on any atom is 0.326 e. The van der Waals surface area contributed by atoms with Gasteiger partial charge in [-0.1, -0.05) is 12.1 Å². The molecule has 0 spiro atoms. The lowest BCUT2D eigenvalue weighted by molar-refractivity contribution is -0.141. The average molecular weight is 403 g/mol. The van der Waals surface area contributed by atoms with Crippen LogP contribution in [0.25, 0.3) is 0 Å². The molecule has 0 aliphatic carbocycles. The van der Waals surface area contributed by atoms with Gasteiger partial charge in [0.1, 0.15) is 6.04 Å². The van der Waals surface area contributed by atoms with E-state index in [1.807, 2.05) is 0 Å². The molecule has 8 heteroatoms. The van der Waals surface area contributed by atoms with Gasteiger partial charge in [-0.15, -0.1) is 0 Å². The number of carbonyl (C=O) groups is 2. The third-order valence-electron chi connectivity index (χ3n) is 4.33. The molecule has 1 amide bonds. The predicted octanol–water partition coefficient (Wildman–Crippen LogP) is 2.08. The van der Waals surface area contributed by atoms with Crippen LogP contribution in [0.2, 0.25) is 0 Å². The Bertz CT molecular complexity index is 866. The van der Waals surface area contributed by atoms with Gasteiger partial charge in [0.15, 0.2) is 23.0 Å². The summed E-state index contributed by atoms with van der Waals surface area (Å²) in [5.41, 5.74) is 1.37. The van der Waals surface area contributed by atoms with E-state index in [4.69, 9.17) is 18.9 Å². The highest BCUT2D eigenvalue weighted by Crippen LogP contribution is 2.29. The van der Waals surface area contributed by atoms with Gasteiger partial charge in [0.25, 0.3) is 0 Å². The van der Waals surface area contributed by atoms with Crippen molar-refractivity contribution in [3.63, 3.8) is 0 Å². The number of carboxylic acids is 1. The molecule has 0 saturated heterocycles. The highest BCUT2D eigenvalue weighted by molar-refractivity contribution is 5.85. The fourth-order valence-electron chi connectivity index (χ4n) is 2.86. The van der Waals surface area contributed by atoms with Crippen LogP contribution in [0.5, 0.6) is 23.0 Å². The van der Waals surface area contributed by atoms with Gasteiger partial charge in [-0.25, -0.2) is 4.79 Å². The molecule has 2 aromatic carbocycles. The number of hydrogen-bond donors (Lipinski definition) is 2. The van der Waals surface area contributed by atoms with E-state index in [1.165, 1.54) is 28.4 Å².